The molecule has 3 N–H and O–H groups in total. The van der Waals surface area contributed by atoms with E-state index in [1.807, 2.05) is 6.08 Å². The molecule has 4 aliphatic carbocycles. The van der Waals surface area contributed by atoms with Gasteiger partial charge in [-0.2, -0.15) is 0 Å². The van der Waals surface area contributed by atoms with Crippen molar-refractivity contribution >= 4 is 5.78 Å². The second-order valence-electron chi connectivity index (χ2n) is 14.5. The van der Waals surface area contributed by atoms with Gasteiger partial charge in [0.05, 0.1) is 23.7 Å². The van der Waals surface area contributed by atoms with Crippen molar-refractivity contribution in [1.29, 1.82) is 0 Å². The van der Waals surface area contributed by atoms with Crippen LogP contribution >= 0.6 is 0 Å². The van der Waals surface area contributed by atoms with Gasteiger partial charge in [-0.25, -0.2) is 0 Å². The second kappa shape index (κ2) is 12.8. The number of aliphatic hydroxyl groups excluding tert-OH is 3. The van der Waals surface area contributed by atoms with Crippen LogP contribution in [-0.2, 0) is 4.79 Å². The van der Waals surface area contributed by atoms with Crippen molar-refractivity contribution < 1.29 is 20.1 Å². The van der Waals surface area contributed by atoms with Gasteiger partial charge >= 0.3 is 0 Å². The van der Waals surface area contributed by atoms with Crippen LogP contribution in [0.5, 0.6) is 0 Å². The van der Waals surface area contributed by atoms with Gasteiger partial charge in [0.2, 0.25) is 0 Å². The zero-order valence-electron chi connectivity index (χ0n) is 25.8. The Balaban J connectivity index is 1.42. The lowest BCUT2D eigenvalue weighted by atomic mass is 9.57. The lowest BCUT2D eigenvalue weighted by Crippen LogP contribution is -2.39. The molecule has 4 nitrogen and oxygen atoms in total. The standard InChI is InChI=1S/C36H56O4/c1-6-7-8-9-10-13-32(39)36(21-22-36)33(40)18-20-34(3,4)31-17-16-29-26(12-11-19-35(29,31)5)14-15-27-23-28(37)24-30(38)25(27)2/h14-15,18,20,28-31,33,37-38,40H,2,6-13,16-17,19,21-24H2,1,3-5H3/b20-18+,26-14+,27-15-/t28-,29+,30+,31-,33+,35+/m1/s1. The molecule has 4 aliphatic rings. The first-order valence-corrected chi connectivity index (χ1v) is 16.3. The quantitative estimate of drug-likeness (QED) is 0.171. The Morgan fingerprint density at radius 1 is 1.10 bits per heavy atom. The molecule has 40 heavy (non-hydrogen) atoms. The van der Waals surface area contributed by atoms with Crippen molar-refractivity contribution in [2.24, 2.45) is 28.1 Å². The molecule has 0 heterocycles. The summed E-state index contributed by atoms with van der Waals surface area (Å²) in [6.45, 7) is 13.4. The summed E-state index contributed by atoms with van der Waals surface area (Å²) in [5, 5.41) is 31.6. The summed E-state index contributed by atoms with van der Waals surface area (Å²) in [6.07, 6.45) is 21.5. The molecule has 0 aromatic carbocycles. The van der Waals surface area contributed by atoms with Crippen LogP contribution in [0, 0.1) is 28.1 Å². The highest BCUT2D eigenvalue weighted by molar-refractivity contribution is 5.88. The first-order chi connectivity index (χ1) is 18.9. The molecule has 4 rings (SSSR count). The fraction of sp³-hybridized carbons (Fsp3) is 0.750. The average Bonchev–Trinajstić information content (AvgIpc) is 3.64. The first kappa shape index (κ1) is 31.4. The maximum Gasteiger partial charge on any atom is 0.141 e. The van der Waals surface area contributed by atoms with Crippen molar-refractivity contribution in [2.45, 2.75) is 142 Å². The number of ketones is 1. The third kappa shape index (κ3) is 6.60. The topological polar surface area (TPSA) is 77.8 Å². The zero-order chi connectivity index (χ0) is 29.1. The minimum absolute atomic E-state index is 0.0729. The van der Waals surface area contributed by atoms with Crippen LogP contribution in [-0.4, -0.2) is 39.4 Å². The van der Waals surface area contributed by atoms with Crippen molar-refractivity contribution in [2.75, 3.05) is 0 Å². The molecule has 0 bridgehead atoms. The first-order valence-electron chi connectivity index (χ1n) is 16.3. The number of allylic oxidation sites excluding steroid dienone is 4. The maximum atomic E-state index is 13.1. The summed E-state index contributed by atoms with van der Waals surface area (Å²) >= 11 is 0. The van der Waals surface area contributed by atoms with Crippen LogP contribution in [0.4, 0.5) is 0 Å². The number of carbonyl (C=O) groups excluding carboxylic acids is 1. The Kier molecular flexibility index (Phi) is 10.1. The predicted octanol–water partition coefficient (Wildman–Crippen LogP) is 7.78. The van der Waals surface area contributed by atoms with E-state index in [1.165, 1.54) is 44.1 Å². The van der Waals surface area contributed by atoms with E-state index in [9.17, 15) is 20.1 Å². The van der Waals surface area contributed by atoms with Crippen molar-refractivity contribution in [3.8, 4) is 0 Å². The van der Waals surface area contributed by atoms with Crippen LogP contribution in [0.2, 0.25) is 0 Å². The highest BCUT2D eigenvalue weighted by Gasteiger charge is 2.55. The molecule has 0 aromatic heterocycles. The Labute approximate surface area is 243 Å². The van der Waals surface area contributed by atoms with Gasteiger partial charge in [-0.05, 0) is 91.6 Å². The fourth-order valence-electron chi connectivity index (χ4n) is 8.58. The highest BCUT2D eigenvalue weighted by Crippen LogP contribution is 2.62. The minimum atomic E-state index is -0.678. The second-order valence-corrected chi connectivity index (χ2v) is 14.5. The van der Waals surface area contributed by atoms with E-state index in [0.29, 0.717) is 31.1 Å². The van der Waals surface area contributed by atoms with Crippen molar-refractivity contribution in [3.63, 3.8) is 0 Å². The fourth-order valence-corrected chi connectivity index (χ4v) is 8.58. The molecule has 4 fully saturated rings. The summed E-state index contributed by atoms with van der Waals surface area (Å²) in [7, 11) is 0. The number of rotatable bonds is 12. The molecule has 0 amide bonds. The van der Waals surface area contributed by atoms with E-state index in [4.69, 9.17) is 0 Å². The van der Waals surface area contributed by atoms with E-state index in [-0.39, 0.29) is 16.6 Å². The lowest BCUT2D eigenvalue weighted by molar-refractivity contribution is -0.127. The van der Waals surface area contributed by atoms with E-state index in [2.05, 4.69) is 52.5 Å². The lowest BCUT2D eigenvalue weighted by Gasteiger charge is -2.47. The Morgan fingerprint density at radius 3 is 2.52 bits per heavy atom. The number of carbonyl (C=O) groups is 1. The third-order valence-electron chi connectivity index (χ3n) is 11.3. The molecule has 0 aromatic rings. The number of hydrogen-bond acceptors (Lipinski definition) is 4. The van der Waals surface area contributed by atoms with Crippen molar-refractivity contribution in [3.05, 3.63) is 47.6 Å². The highest BCUT2D eigenvalue weighted by atomic mass is 16.3. The summed E-state index contributed by atoms with van der Waals surface area (Å²) in [6, 6.07) is 0. The molecule has 0 spiro atoms. The zero-order valence-corrected chi connectivity index (χ0v) is 25.8. The monoisotopic (exact) mass is 552 g/mol. The molecule has 0 aliphatic heterocycles. The van der Waals surface area contributed by atoms with Gasteiger partial charge in [-0.1, -0.05) is 89.8 Å². The summed E-state index contributed by atoms with van der Waals surface area (Å²) < 4.78 is 0. The van der Waals surface area contributed by atoms with Gasteiger partial charge in [0.1, 0.15) is 5.78 Å². The molecule has 4 heteroatoms. The van der Waals surface area contributed by atoms with Crippen LogP contribution in [0.3, 0.4) is 0 Å². The van der Waals surface area contributed by atoms with E-state index >= 15 is 0 Å². The predicted molar refractivity (Wildman–Crippen MR) is 164 cm³/mol. The third-order valence-corrected chi connectivity index (χ3v) is 11.3. The molecule has 4 saturated carbocycles. The molecular weight excluding hydrogens is 496 g/mol. The average molecular weight is 553 g/mol. The smallest absolute Gasteiger partial charge is 0.141 e. The Hall–Kier alpha value is -1.49. The summed E-state index contributed by atoms with van der Waals surface area (Å²) in [4.78, 5) is 13.1. The van der Waals surface area contributed by atoms with Gasteiger partial charge < -0.3 is 15.3 Å². The largest absolute Gasteiger partial charge is 0.393 e. The Morgan fingerprint density at radius 2 is 1.82 bits per heavy atom. The number of unbranched alkanes of at least 4 members (excludes halogenated alkanes) is 4. The minimum Gasteiger partial charge on any atom is -0.393 e. The molecular formula is C36H56O4. The van der Waals surface area contributed by atoms with Crippen LogP contribution in [0.25, 0.3) is 0 Å². The van der Waals surface area contributed by atoms with Gasteiger partial charge in [0.15, 0.2) is 0 Å². The SMILES string of the molecule is C=C1/C(=C\C=C2/CCC[C@]3(C)[C@@H](C(C)(C)/C=C/[C@H](O)C4(C(=O)CCCCCCC)CC4)CC[C@@H]23)C[C@@H](O)C[C@@H]1O. The summed E-state index contributed by atoms with van der Waals surface area (Å²) in [5.41, 5.74) is 2.80. The van der Waals surface area contributed by atoms with Gasteiger partial charge in [0.25, 0.3) is 0 Å². The number of Topliss-reactive ketones (excluding diaryl/α,β-unsaturated/α-hetero) is 1. The van der Waals surface area contributed by atoms with Gasteiger partial charge in [0, 0.05) is 12.8 Å². The van der Waals surface area contributed by atoms with E-state index < -0.39 is 23.7 Å². The van der Waals surface area contributed by atoms with Crippen molar-refractivity contribution in [1.82, 2.24) is 0 Å². The van der Waals surface area contributed by atoms with Crippen LogP contribution in [0.15, 0.2) is 47.6 Å². The summed E-state index contributed by atoms with van der Waals surface area (Å²) in [5.74, 6) is 1.29. The number of fused-ring (bicyclic) bond motifs is 1. The Bertz CT molecular complexity index is 1010. The van der Waals surface area contributed by atoms with Crippen LogP contribution < -0.4 is 0 Å². The molecule has 0 saturated heterocycles. The van der Waals surface area contributed by atoms with Gasteiger partial charge in [-0.3, -0.25) is 4.79 Å². The van der Waals surface area contributed by atoms with E-state index in [1.54, 1.807) is 0 Å². The molecule has 0 unspecified atom stereocenters. The van der Waals surface area contributed by atoms with E-state index in [0.717, 1.165) is 49.7 Å². The molecule has 224 valence electrons. The molecule has 6 atom stereocenters. The maximum absolute atomic E-state index is 13.1. The van der Waals surface area contributed by atoms with Gasteiger partial charge in [-0.15, -0.1) is 0 Å². The van der Waals surface area contributed by atoms with Crippen LogP contribution in [0.1, 0.15) is 124 Å². The number of aliphatic hydroxyl groups is 3. The number of hydrogen-bond donors (Lipinski definition) is 3. The normalized spacial score (nSPS) is 34.9. The molecule has 0 radical (unpaired) electrons.